The number of hydrogen-bond donors (Lipinski definition) is 0. The van der Waals surface area contributed by atoms with Gasteiger partial charge in [-0.15, -0.1) is 10.2 Å². The predicted octanol–water partition coefficient (Wildman–Crippen LogP) is 3.32. The summed E-state index contributed by atoms with van der Waals surface area (Å²) in [7, 11) is 0. The van der Waals surface area contributed by atoms with Crippen molar-refractivity contribution in [1.29, 1.82) is 0 Å². The highest BCUT2D eigenvalue weighted by molar-refractivity contribution is 6.29. The molecular weight excluding hydrogens is 330 g/mol. The van der Waals surface area contributed by atoms with Gasteiger partial charge in [-0.05, 0) is 31.7 Å². The van der Waals surface area contributed by atoms with Gasteiger partial charge in [0.15, 0.2) is 11.0 Å². The largest absolute Gasteiger partial charge is 0.473 e. The van der Waals surface area contributed by atoms with Crippen LogP contribution in [0.1, 0.15) is 45.4 Å². The Hall–Kier alpha value is -1.89. The predicted molar refractivity (Wildman–Crippen MR) is 90.5 cm³/mol. The summed E-state index contributed by atoms with van der Waals surface area (Å²) in [5.41, 5.74) is 0. The number of rotatable bonds is 5. The van der Waals surface area contributed by atoms with E-state index in [0.717, 1.165) is 31.8 Å². The third kappa shape index (κ3) is 3.95. The quantitative estimate of drug-likeness (QED) is 0.817. The fourth-order valence-corrected chi connectivity index (χ4v) is 2.90. The highest BCUT2D eigenvalue weighted by Crippen LogP contribution is 2.27. The number of anilines is 1. The van der Waals surface area contributed by atoms with Crippen molar-refractivity contribution in [2.45, 2.75) is 45.6 Å². The summed E-state index contributed by atoms with van der Waals surface area (Å²) in [6.07, 6.45) is 2.07. The van der Waals surface area contributed by atoms with Gasteiger partial charge in [0.05, 0.1) is 0 Å². The van der Waals surface area contributed by atoms with E-state index in [0.29, 0.717) is 23.0 Å². The molecular formula is C16H22ClN5O2. The Balaban J connectivity index is 1.53. The maximum Gasteiger partial charge on any atom is 0.324 e. The van der Waals surface area contributed by atoms with Crippen LogP contribution in [0.2, 0.25) is 5.15 Å². The second-order valence-electron chi connectivity index (χ2n) is 6.43. The highest BCUT2D eigenvalue weighted by atomic mass is 35.5. The van der Waals surface area contributed by atoms with E-state index < -0.39 is 0 Å². The van der Waals surface area contributed by atoms with Crippen LogP contribution in [-0.4, -0.2) is 39.5 Å². The average molecular weight is 352 g/mol. The minimum absolute atomic E-state index is 0.0662. The second-order valence-corrected chi connectivity index (χ2v) is 6.82. The summed E-state index contributed by atoms with van der Waals surface area (Å²) in [5.74, 6) is 1.98. The zero-order valence-corrected chi connectivity index (χ0v) is 14.9. The van der Waals surface area contributed by atoms with Gasteiger partial charge in [-0.1, -0.05) is 30.6 Å². The monoisotopic (exact) mass is 351 g/mol. The van der Waals surface area contributed by atoms with Crippen LogP contribution in [0, 0.1) is 5.92 Å². The van der Waals surface area contributed by atoms with Gasteiger partial charge in [0.1, 0.15) is 6.10 Å². The van der Waals surface area contributed by atoms with E-state index >= 15 is 0 Å². The van der Waals surface area contributed by atoms with Crippen LogP contribution in [0.4, 0.5) is 6.01 Å². The summed E-state index contributed by atoms with van der Waals surface area (Å²) >= 11 is 5.74. The fraction of sp³-hybridized carbons (Fsp3) is 0.625. The van der Waals surface area contributed by atoms with Crippen molar-refractivity contribution in [1.82, 2.24) is 20.3 Å². The molecule has 24 heavy (non-hydrogen) atoms. The number of nitrogens with zero attached hydrogens (tertiary/aromatic N) is 5. The molecule has 1 atom stereocenters. The van der Waals surface area contributed by atoms with Crippen LogP contribution < -0.4 is 9.64 Å². The van der Waals surface area contributed by atoms with E-state index in [1.165, 1.54) is 0 Å². The molecule has 1 fully saturated rings. The van der Waals surface area contributed by atoms with Gasteiger partial charge in [0.2, 0.25) is 5.88 Å². The first-order chi connectivity index (χ1) is 11.5. The van der Waals surface area contributed by atoms with Crippen LogP contribution in [0.3, 0.4) is 0 Å². The van der Waals surface area contributed by atoms with Gasteiger partial charge in [0, 0.05) is 25.1 Å². The van der Waals surface area contributed by atoms with E-state index in [1.54, 1.807) is 12.1 Å². The van der Waals surface area contributed by atoms with E-state index in [9.17, 15) is 0 Å². The first-order valence-electron chi connectivity index (χ1n) is 8.27. The van der Waals surface area contributed by atoms with Crippen molar-refractivity contribution in [2.75, 3.05) is 18.0 Å². The van der Waals surface area contributed by atoms with Crippen LogP contribution in [-0.2, 0) is 0 Å². The number of hydrogen-bond acceptors (Lipinski definition) is 7. The lowest BCUT2D eigenvalue weighted by Crippen LogP contribution is -2.39. The van der Waals surface area contributed by atoms with Crippen molar-refractivity contribution >= 4 is 17.6 Å². The van der Waals surface area contributed by atoms with E-state index in [-0.39, 0.29) is 12.0 Å². The molecule has 0 radical (unpaired) electrons. The molecule has 0 aliphatic carbocycles. The van der Waals surface area contributed by atoms with Gasteiger partial charge < -0.3 is 14.2 Å². The molecule has 2 aromatic rings. The zero-order valence-electron chi connectivity index (χ0n) is 14.1. The molecule has 7 nitrogen and oxygen atoms in total. The molecule has 0 spiro atoms. The van der Waals surface area contributed by atoms with E-state index in [2.05, 4.69) is 46.0 Å². The van der Waals surface area contributed by atoms with Gasteiger partial charge >= 0.3 is 6.01 Å². The number of halogens is 1. The Kier molecular flexibility index (Phi) is 5.18. The average Bonchev–Trinajstić information content (AvgIpc) is 3.07. The number of piperidine rings is 1. The lowest BCUT2D eigenvalue weighted by molar-refractivity contribution is 0.125. The molecule has 130 valence electrons. The Bertz CT molecular complexity index is 653. The summed E-state index contributed by atoms with van der Waals surface area (Å²) < 4.78 is 11.3. The molecule has 1 aliphatic rings. The SMILES string of the molecule is CC(C)c1noc(N2CCC([C@H](C)Oc3ccc(Cl)nn3)CC2)n1. The third-order valence-corrected chi connectivity index (χ3v) is 4.54. The van der Waals surface area contributed by atoms with Gasteiger partial charge in [-0.2, -0.15) is 4.98 Å². The van der Waals surface area contributed by atoms with Crippen molar-refractivity contribution in [3.8, 4) is 5.88 Å². The number of aromatic nitrogens is 4. The smallest absolute Gasteiger partial charge is 0.324 e. The molecule has 3 rings (SSSR count). The van der Waals surface area contributed by atoms with E-state index in [4.69, 9.17) is 20.9 Å². The van der Waals surface area contributed by atoms with Gasteiger partial charge in [-0.25, -0.2) is 0 Å². The second kappa shape index (κ2) is 7.34. The lowest BCUT2D eigenvalue weighted by Gasteiger charge is -2.33. The van der Waals surface area contributed by atoms with Crippen LogP contribution in [0.25, 0.3) is 0 Å². The molecule has 0 aromatic carbocycles. The third-order valence-electron chi connectivity index (χ3n) is 4.34. The first-order valence-corrected chi connectivity index (χ1v) is 8.65. The van der Waals surface area contributed by atoms with Crippen LogP contribution in [0.15, 0.2) is 16.7 Å². The van der Waals surface area contributed by atoms with Crippen molar-refractivity contribution in [3.63, 3.8) is 0 Å². The molecule has 0 N–H and O–H groups in total. The van der Waals surface area contributed by atoms with Crippen LogP contribution >= 0.6 is 11.6 Å². The molecule has 8 heteroatoms. The first kappa shape index (κ1) is 17.0. The minimum Gasteiger partial charge on any atom is -0.473 e. The summed E-state index contributed by atoms with van der Waals surface area (Å²) in [6, 6.07) is 4.04. The molecule has 0 unspecified atom stereocenters. The molecule has 0 bridgehead atoms. The number of ether oxygens (including phenoxy) is 1. The van der Waals surface area contributed by atoms with Gasteiger partial charge in [0.25, 0.3) is 0 Å². The Morgan fingerprint density at radius 1 is 1.21 bits per heavy atom. The molecule has 2 aromatic heterocycles. The minimum atomic E-state index is 0.0662. The normalized spacial score (nSPS) is 17.3. The van der Waals surface area contributed by atoms with E-state index in [1.807, 2.05) is 0 Å². The Morgan fingerprint density at radius 3 is 2.54 bits per heavy atom. The molecule has 1 saturated heterocycles. The summed E-state index contributed by atoms with van der Waals surface area (Å²) in [5, 5.41) is 12.1. The highest BCUT2D eigenvalue weighted by Gasteiger charge is 2.28. The Morgan fingerprint density at radius 2 is 1.96 bits per heavy atom. The maximum atomic E-state index is 5.88. The van der Waals surface area contributed by atoms with Crippen molar-refractivity contribution < 1.29 is 9.26 Å². The standard InChI is InChI=1S/C16H22ClN5O2/c1-10(2)15-18-16(24-21-15)22-8-6-12(7-9-22)11(3)23-14-5-4-13(17)19-20-14/h4-5,10-12H,6-9H2,1-3H3/t11-/m0/s1. The van der Waals surface area contributed by atoms with Crippen LogP contribution in [0.5, 0.6) is 5.88 Å². The van der Waals surface area contributed by atoms with Crippen molar-refractivity contribution in [2.24, 2.45) is 5.92 Å². The fourth-order valence-electron chi connectivity index (χ4n) is 2.80. The van der Waals surface area contributed by atoms with Crippen molar-refractivity contribution in [3.05, 3.63) is 23.1 Å². The molecule has 0 amide bonds. The zero-order chi connectivity index (χ0) is 17.1. The Labute approximate surface area is 146 Å². The summed E-state index contributed by atoms with van der Waals surface area (Å²) in [6.45, 7) is 7.94. The maximum absolute atomic E-state index is 5.88. The molecule has 3 heterocycles. The molecule has 1 aliphatic heterocycles. The molecule has 0 saturated carbocycles. The topological polar surface area (TPSA) is 77.2 Å². The summed E-state index contributed by atoms with van der Waals surface area (Å²) in [4.78, 5) is 6.61. The van der Waals surface area contributed by atoms with Gasteiger partial charge in [-0.3, -0.25) is 0 Å². The lowest BCUT2D eigenvalue weighted by atomic mass is 9.92.